The molecule has 0 amide bonds. The zero-order valence-electron chi connectivity index (χ0n) is 14.6. The summed E-state index contributed by atoms with van der Waals surface area (Å²) < 4.78 is 6.84. The minimum Gasteiger partial charge on any atom is -0.385 e. The normalized spacial score (nSPS) is 11.5. The predicted molar refractivity (Wildman–Crippen MR) is 95.1 cm³/mol. The summed E-state index contributed by atoms with van der Waals surface area (Å²) in [4.78, 5) is 16.3. The molecule has 1 aromatic rings. The van der Waals surface area contributed by atoms with Crippen LogP contribution in [0.2, 0.25) is 0 Å². The molecule has 1 rings (SSSR count). The van der Waals surface area contributed by atoms with E-state index in [0.717, 1.165) is 63.7 Å². The molecule has 0 radical (unpaired) electrons. The fourth-order valence-electron chi connectivity index (χ4n) is 2.25. The Bertz CT molecular complexity index is 526. The number of nitrogens with one attached hydrogen (secondary N) is 2. The van der Waals surface area contributed by atoms with Gasteiger partial charge >= 0.3 is 0 Å². The molecule has 23 heavy (non-hydrogen) atoms. The Morgan fingerprint density at radius 1 is 1.26 bits per heavy atom. The zero-order valence-corrected chi connectivity index (χ0v) is 14.6. The standard InChI is InChI=1S/C17H30N4O2/c1-4-18-17(20-12-8-14-23-3)19-11-5-6-13-21-15(2)9-7-10-16(21)22/h7,9-10H,4-6,8,11-14H2,1-3H3,(H2,18,19,20). The Hall–Kier alpha value is -1.82. The minimum atomic E-state index is 0.0750. The van der Waals surface area contributed by atoms with Crippen molar-refractivity contribution >= 4 is 5.96 Å². The fourth-order valence-corrected chi connectivity index (χ4v) is 2.25. The lowest BCUT2D eigenvalue weighted by atomic mass is 10.3. The van der Waals surface area contributed by atoms with Crippen LogP contribution in [0.15, 0.2) is 28.0 Å². The molecule has 0 atom stereocenters. The highest BCUT2D eigenvalue weighted by atomic mass is 16.5. The molecule has 1 heterocycles. The molecule has 0 spiro atoms. The van der Waals surface area contributed by atoms with Gasteiger partial charge in [0.05, 0.1) is 0 Å². The number of aryl methyl sites for hydroxylation is 1. The number of pyridine rings is 1. The van der Waals surface area contributed by atoms with Gasteiger partial charge in [0.1, 0.15) is 0 Å². The average Bonchev–Trinajstić information content (AvgIpc) is 2.53. The van der Waals surface area contributed by atoms with Gasteiger partial charge in [-0.2, -0.15) is 0 Å². The second-order valence-electron chi connectivity index (χ2n) is 5.40. The van der Waals surface area contributed by atoms with Crippen molar-refractivity contribution in [1.29, 1.82) is 0 Å². The van der Waals surface area contributed by atoms with Gasteiger partial charge in [0, 0.05) is 51.7 Å². The SMILES string of the molecule is CCNC(=NCCCOC)NCCCCn1c(C)cccc1=O. The monoisotopic (exact) mass is 322 g/mol. The number of nitrogens with zero attached hydrogens (tertiary/aromatic N) is 2. The third-order valence-corrected chi connectivity index (χ3v) is 3.49. The highest BCUT2D eigenvalue weighted by Gasteiger charge is 2.00. The van der Waals surface area contributed by atoms with E-state index in [1.165, 1.54) is 0 Å². The first-order valence-electron chi connectivity index (χ1n) is 8.36. The number of unbranched alkanes of at least 4 members (excludes halogenated alkanes) is 1. The van der Waals surface area contributed by atoms with Gasteiger partial charge in [-0.1, -0.05) is 6.07 Å². The molecule has 0 unspecified atom stereocenters. The maximum Gasteiger partial charge on any atom is 0.250 e. The van der Waals surface area contributed by atoms with Crippen molar-refractivity contribution in [1.82, 2.24) is 15.2 Å². The Balaban J connectivity index is 2.29. The van der Waals surface area contributed by atoms with Crippen molar-refractivity contribution in [2.24, 2.45) is 4.99 Å². The summed E-state index contributed by atoms with van der Waals surface area (Å²) in [5.41, 5.74) is 1.09. The van der Waals surface area contributed by atoms with Crippen LogP contribution < -0.4 is 16.2 Å². The van der Waals surface area contributed by atoms with Crippen molar-refractivity contribution in [3.8, 4) is 0 Å². The topological polar surface area (TPSA) is 67.7 Å². The number of hydrogen-bond donors (Lipinski definition) is 2. The second-order valence-corrected chi connectivity index (χ2v) is 5.40. The van der Waals surface area contributed by atoms with Gasteiger partial charge in [-0.15, -0.1) is 0 Å². The Labute approximate surface area is 139 Å². The van der Waals surface area contributed by atoms with Crippen molar-refractivity contribution in [3.63, 3.8) is 0 Å². The molecule has 0 aliphatic heterocycles. The number of guanidine groups is 1. The van der Waals surface area contributed by atoms with Crippen LogP contribution in [-0.2, 0) is 11.3 Å². The molecule has 6 heteroatoms. The molecule has 0 saturated heterocycles. The molecule has 0 saturated carbocycles. The molecular weight excluding hydrogens is 292 g/mol. The van der Waals surface area contributed by atoms with Gasteiger partial charge in [-0.3, -0.25) is 9.79 Å². The molecule has 0 fully saturated rings. The molecule has 2 N–H and O–H groups in total. The summed E-state index contributed by atoms with van der Waals surface area (Å²) in [5.74, 6) is 0.844. The summed E-state index contributed by atoms with van der Waals surface area (Å²) in [6.07, 6.45) is 2.87. The van der Waals surface area contributed by atoms with Gasteiger partial charge in [-0.25, -0.2) is 0 Å². The first kappa shape index (κ1) is 19.2. The number of ether oxygens (including phenoxy) is 1. The molecular formula is C17H30N4O2. The first-order valence-corrected chi connectivity index (χ1v) is 8.36. The first-order chi connectivity index (χ1) is 11.2. The highest BCUT2D eigenvalue weighted by Crippen LogP contribution is 1.97. The molecule has 0 aliphatic rings. The van der Waals surface area contributed by atoms with Gasteiger partial charge in [0.2, 0.25) is 0 Å². The molecule has 0 aromatic carbocycles. The molecule has 130 valence electrons. The van der Waals surface area contributed by atoms with Crippen molar-refractivity contribution in [2.45, 2.75) is 39.7 Å². The lowest BCUT2D eigenvalue weighted by molar-refractivity contribution is 0.197. The minimum absolute atomic E-state index is 0.0750. The number of rotatable bonds is 10. The summed E-state index contributed by atoms with van der Waals surface area (Å²) in [6, 6.07) is 5.38. The van der Waals surface area contributed by atoms with E-state index in [0.29, 0.717) is 0 Å². The maximum absolute atomic E-state index is 11.8. The van der Waals surface area contributed by atoms with Crippen molar-refractivity contribution in [3.05, 3.63) is 34.2 Å². The largest absolute Gasteiger partial charge is 0.385 e. The average molecular weight is 322 g/mol. The van der Waals surface area contributed by atoms with E-state index in [4.69, 9.17) is 4.74 Å². The van der Waals surface area contributed by atoms with E-state index in [2.05, 4.69) is 22.5 Å². The number of hydrogen-bond acceptors (Lipinski definition) is 3. The smallest absolute Gasteiger partial charge is 0.250 e. The molecule has 1 aromatic heterocycles. The number of aliphatic imine (C=N–C) groups is 1. The van der Waals surface area contributed by atoms with E-state index in [1.807, 2.05) is 17.6 Å². The van der Waals surface area contributed by atoms with Crippen LogP contribution in [0.1, 0.15) is 31.9 Å². The lowest BCUT2D eigenvalue weighted by Crippen LogP contribution is -2.38. The van der Waals surface area contributed by atoms with Crippen LogP contribution in [0.4, 0.5) is 0 Å². The summed E-state index contributed by atoms with van der Waals surface area (Å²) >= 11 is 0. The quantitative estimate of drug-likeness (QED) is 0.389. The molecule has 6 nitrogen and oxygen atoms in total. The summed E-state index contributed by atoms with van der Waals surface area (Å²) in [7, 11) is 1.70. The van der Waals surface area contributed by atoms with Gasteiger partial charge in [-0.05, 0) is 39.2 Å². The maximum atomic E-state index is 11.8. The summed E-state index contributed by atoms with van der Waals surface area (Å²) in [6.45, 7) is 7.95. The van der Waals surface area contributed by atoms with Gasteiger partial charge in [0.25, 0.3) is 5.56 Å². The van der Waals surface area contributed by atoms with Crippen LogP contribution in [-0.4, -0.2) is 43.9 Å². The fraction of sp³-hybridized carbons (Fsp3) is 0.647. The van der Waals surface area contributed by atoms with E-state index >= 15 is 0 Å². The van der Waals surface area contributed by atoms with Crippen LogP contribution in [0.5, 0.6) is 0 Å². The van der Waals surface area contributed by atoms with Crippen LogP contribution in [0.3, 0.4) is 0 Å². The number of aromatic nitrogens is 1. The lowest BCUT2D eigenvalue weighted by Gasteiger charge is -2.12. The van der Waals surface area contributed by atoms with E-state index in [-0.39, 0.29) is 5.56 Å². The Morgan fingerprint density at radius 2 is 2.09 bits per heavy atom. The molecule has 0 aliphatic carbocycles. The van der Waals surface area contributed by atoms with Gasteiger partial charge in [0.15, 0.2) is 5.96 Å². The van der Waals surface area contributed by atoms with E-state index < -0.39 is 0 Å². The van der Waals surface area contributed by atoms with Crippen LogP contribution >= 0.6 is 0 Å². The van der Waals surface area contributed by atoms with Gasteiger partial charge < -0.3 is 19.9 Å². The summed E-state index contributed by atoms with van der Waals surface area (Å²) in [5, 5.41) is 6.55. The van der Waals surface area contributed by atoms with Crippen LogP contribution in [0.25, 0.3) is 0 Å². The third kappa shape index (κ3) is 7.83. The Morgan fingerprint density at radius 3 is 2.78 bits per heavy atom. The second kappa shape index (κ2) is 11.7. The van der Waals surface area contributed by atoms with E-state index in [9.17, 15) is 4.79 Å². The highest BCUT2D eigenvalue weighted by molar-refractivity contribution is 5.79. The predicted octanol–water partition coefficient (Wildman–Crippen LogP) is 1.53. The van der Waals surface area contributed by atoms with Crippen LogP contribution in [0, 0.1) is 6.92 Å². The Kier molecular flexibility index (Phi) is 9.79. The van der Waals surface area contributed by atoms with Crippen molar-refractivity contribution in [2.75, 3.05) is 33.4 Å². The van der Waals surface area contributed by atoms with Crippen molar-refractivity contribution < 1.29 is 4.74 Å². The number of methoxy groups -OCH3 is 1. The zero-order chi connectivity index (χ0) is 16.9. The molecule has 0 bridgehead atoms. The van der Waals surface area contributed by atoms with E-state index in [1.54, 1.807) is 19.2 Å². The third-order valence-electron chi connectivity index (χ3n) is 3.49.